The zero-order valence-corrected chi connectivity index (χ0v) is 22.8. The molecule has 0 fully saturated rings. The van der Waals surface area contributed by atoms with E-state index in [1.165, 1.54) is 11.3 Å². The predicted octanol–water partition coefficient (Wildman–Crippen LogP) is 8.20. The number of rotatable bonds is 9. The first-order valence-electron chi connectivity index (χ1n) is 11.9. The van der Waals surface area contributed by atoms with Crippen LogP contribution in [0.1, 0.15) is 21.5 Å². The van der Waals surface area contributed by atoms with Gasteiger partial charge in [0.25, 0.3) is 5.91 Å². The van der Waals surface area contributed by atoms with E-state index >= 15 is 0 Å². The first-order chi connectivity index (χ1) is 19.0. The van der Waals surface area contributed by atoms with E-state index in [2.05, 4.69) is 20.8 Å². The van der Waals surface area contributed by atoms with Crippen LogP contribution < -0.4 is 15.5 Å². The van der Waals surface area contributed by atoms with Gasteiger partial charge < -0.3 is 10.1 Å². The lowest BCUT2D eigenvalue weighted by Crippen LogP contribution is -2.17. The molecule has 0 unspecified atom stereocenters. The highest BCUT2D eigenvalue weighted by molar-refractivity contribution is 7.14. The molecule has 0 saturated heterocycles. The Bertz CT molecular complexity index is 1600. The Morgan fingerprint density at radius 2 is 1.72 bits per heavy atom. The number of benzene rings is 4. The van der Waals surface area contributed by atoms with Crippen molar-refractivity contribution in [2.75, 3.05) is 5.32 Å². The molecule has 0 saturated carbocycles. The maximum absolute atomic E-state index is 12.6. The largest absolute Gasteiger partial charge is 0.489 e. The number of ether oxygens (including phenoxy) is 1. The molecule has 9 heteroatoms. The second kappa shape index (κ2) is 12.6. The number of thiazole rings is 1. The molecule has 0 aliphatic carbocycles. The van der Waals surface area contributed by atoms with Crippen molar-refractivity contribution in [3.8, 4) is 17.0 Å². The Morgan fingerprint density at radius 1 is 0.923 bits per heavy atom. The third-order valence-corrected chi connectivity index (χ3v) is 6.82. The molecule has 1 aromatic heterocycles. The molecule has 0 bridgehead atoms. The molecule has 0 atom stereocenters. The van der Waals surface area contributed by atoms with Crippen molar-refractivity contribution in [2.24, 2.45) is 5.10 Å². The highest BCUT2D eigenvalue weighted by Crippen LogP contribution is 2.28. The summed E-state index contributed by atoms with van der Waals surface area (Å²) in [5.41, 5.74) is 7.46. The molecule has 194 valence electrons. The van der Waals surface area contributed by atoms with Crippen LogP contribution in [-0.4, -0.2) is 17.1 Å². The molecule has 0 aliphatic heterocycles. The van der Waals surface area contributed by atoms with Gasteiger partial charge in [-0.3, -0.25) is 4.79 Å². The molecular weight excluding hydrogens is 551 g/mol. The van der Waals surface area contributed by atoms with E-state index in [1.807, 2.05) is 90.3 Å². The summed E-state index contributed by atoms with van der Waals surface area (Å²) >= 11 is 13.5. The number of hydrogen-bond acceptors (Lipinski definition) is 6. The summed E-state index contributed by atoms with van der Waals surface area (Å²) in [6, 6.07) is 29.6. The fourth-order valence-electron chi connectivity index (χ4n) is 3.62. The van der Waals surface area contributed by atoms with Crippen molar-refractivity contribution in [1.82, 2.24) is 10.4 Å². The molecule has 39 heavy (non-hydrogen) atoms. The number of hydrogen-bond donors (Lipinski definition) is 2. The van der Waals surface area contributed by atoms with E-state index in [0.717, 1.165) is 33.2 Å². The average molecular weight is 574 g/mol. The van der Waals surface area contributed by atoms with Crippen LogP contribution in [0.25, 0.3) is 11.3 Å². The molecule has 0 radical (unpaired) electrons. The highest BCUT2D eigenvalue weighted by atomic mass is 35.5. The van der Waals surface area contributed by atoms with E-state index in [1.54, 1.807) is 18.3 Å². The van der Waals surface area contributed by atoms with Crippen LogP contribution in [0.2, 0.25) is 10.0 Å². The third-order valence-electron chi connectivity index (χ3n) is 5.57. The first kappa shape index (κ1) is 26.4. The fraction of sp³-hybridized carbons (Fsp3) is 0.0333. The van der Waals surface area contributed by atoms with Gasteiger partial charge in [0.2, 0.25) is 0 Å². The summed E-state index contributed by atoms with van der Waals surface area (Å²) in [6.45, 7) is 0.398. The molecule has 1 amide bonds. The molecule has 5 rings (SSSR count). The van der Waals surface area contributed by atoms with E-state index in [4.69, 9.17) is 27.9 Å². The summed E-state index contributed by atoms with van der Waals surface area (Å²) in [5.74, 6) is 0.379. The lowest BCUT2D eigenvalue weighted by molar-refractivity contribution is 0.0955. The minimum absolute atomic E-state index is 0.311. The topological polar surface area (TPSA) is 75.6 Å². The number of nitrogens with one attached hydrogen (secondary N) is 2. The normalized spacial score (nSPS) is 10.9. The Hall–Kier alpha value is -4.17. The van der Waals surface area contributed by atoms with Crippen molar-refractivity contribution < 1.29 is 9.53 Å². The zero-order valence-electron chi connectivity index (χ0n) is 20.5. The minimum Gasteiger partial charge on any atom is -0.489 e. The third kappa shape index (κ3) is 7.45. The smallest absolute Gasteiger partial charge is 0.271 e. The molecular formula is C30H22Cl2N4O2S. The Labute approximate surface area is 239 Å². The first-order valence-corrected chi connectivity index (χ1v) is 13.5. The predicted molar refractivity (Wildman–Crippen MR) is 160 cm³/mol. The van der Waals surface area contributed by atoms with Gasteiger partial charge in [-0.1, -0.05) is 59.6 Å². The molecule has 5 aromatic rings. The molecule has 6 nitrogen and oxygen atoms in total. The van der Waals surface area contributed by atoms with E-state index in [0.29, 0.717) is 28.0 Å². The van der Waals surface area contributed by atoms with Gasteiger partial charge in [0.05, 0.1) is 11.9 Å². The molecule has 1 heterocycles. The second-order valence-corrected chi connectivity index (χ2v) is 10.2. The number of halogens is 2. The van der Waals surface area contributed by atoms with Crippen molar-refractivity contribution in [3.63, 3.8) is 0 Å². The lowest BCUT2D eigenvalue weighted by Gasteiger charge is -2.07. The highest BCUT2D eigenvalue weighted by Gasteiger charge is 2.08. The summed E-state index contributed by atoms with van der Waals surface area (Å²) in [4.78, 5) is 17.2. The number of hydrazone groups is 1. The van der Waals surface area contributed by atoms with Gasteiger partial charge in [-0.25, -0.2) is 10.4 Å². The Kier molecular flexibility index (Phi) is 8.53. The number of nitrogens with zero attached hydrogens (tertiary/aromatic N) is 2. The van der Waals surface area contributed by atoms with Gasteiger partial charge in [-0.15, -0.1) is 11.3 Å². The van der Waals surface area contributed by atoms with Crippen LogP contribution in [0.3, 0.4) is 0 Å². The molecule has 0 aliphatic rings. The minimum atomic E-state index is -0.311. The monoisotopic (exact) mass is 572 g/mol. The lowest BCUT2D eigenvalue weighted by atomic mass is 10.1. The summed E-state index contributed by atoms with van der Waals surface area (Å²) in [5, 5.41) is 11.4. The Balaban J connectivity index is 1.15. The van der Waals surface area contributed by atoms with Crippen LogP contribution in [0.4, 0.5) is 10.8 Å². The molecule has 0 spiro atoms. The fourth-order valence-corrected chi connectivity index (χ4v) is 4.70. The van der Waals surface area contributed by atoms with Gasteiger partial charge in [-0.2, -0.15) is 5.10 Å². The van der Waals surface area contributed by atoms with Crippen LogP contribution >= 0.6 is 34.5 Å². The van der Waals surface area contributed by atoms with Crippen LogP contribution in [0.5, 0.6) is 5.75 Å². The van der Waals surface area contributed by atoms with Gasteiger partial charge >= 0.3 is 0 Å². The summed E-state index contributed by atoms with van der Waals surface area (Å²) < 4.78 is 5.85. The van der Waals surface area contributed by atoms with Crippen LogP contribution in [0.15, 0.2) is 108 Å². The summed E-state index contributed by atoms with van der Waals surface area (Å²) in [7, 11) is 0. The van der Waals surface area contributed by atoms with Gasteiger partial charge in [0.15, 0.2) is 5.13 Å². The van der Waals surface area contributed by atoms with E-state index < -0.39 is 0 Å². The van der Waals surface area contributed by atoms with Crippen LogP contribution in [0, 0.1) is 0 Å². The number of aromatic nitrogens is 1. The quantitative estimate of drug-likeness (QED) is 0.138. The maximum atomic E-state index is 12.6. The zero-order chi connectivity index (χ0) is 27.0. The number of carbonyl (C=O) groups is 1. The van der Waals surface area contributed by atoms with Gasteiger partial charge in [0.1, 0.15) is 12.4 Å². The van der Waals surface area contributed by atoms with Crippen molar-refractivity contribution in [3.05, 3.63) is 129 Å². The van der Waals surface area contributed by atoms with Crippen molar-refractivity contribution in [1.29, 1.82) is 0 Å². The number of amides is 1. The summed E-state index contributed by atoms with van der Waals surface area (Å²) in [6.07, 6.45) is 1.57. The van der Waals surface area contributed by atoms with Crippen molar-refractivity contribution >= 4 is 57.5 Å². The van der Waals surface area contributed by atoms with Gasteiger partial charge in [0, 0.05) is 32.2 Å². The average Bonchev–Trinajstić information content (AvgIpc) is 3.42. The SMILES string of the molecule is O=C(N/N=C\c1cccc(OCc2cccc(Cl)c2)c1)c1ccc(-c2csc(Nc3ccc(Cl)cc3)n2)cc1. The molecule has 2 N–H and O–H groups in total. The van der Waals surface area contributed by atoms with Gasteiger partial charge in [-0.05, 0) is 71.8 Å². The Morgan fingerprint density at radius 3 is 2.51 bits per heavy atom. The van der Waals surface area contributed by atoms with E-state index in [9.17, 15) is 4.79 Å². The van der Waals surface area contributed by atoms with Crippen molar-refractivity contribution in [2.45, 2.75) is 6.61 Å². The van der Waals surface area contributed by atoms with E-state index in [-0.39, 0.29) is 5.91 Å². The van der Waals surface area contributed by atoms with Crippen LogP contribution in [-0.2, 0) is 6.61 Å². The second-order valence-electron chi connectivity index (χ2n) is 8.44. The number of carbonyl (C=O) groups excluding carboxylic acids is 1. The standard InChI is InChI=1S/C30H22Cl2N4O2S/c31-24-11-13-26(14-12-24)34-30-35-28(19-39-30)22-7-9-23(10-8-22)29(37)36-33-17-20-3-2-6-27(16-20)38-18-21-4-1-5-25(32)15-21/h1-17,19H,18H2,(H,34,35)(H,36,37)/b33-17-. The maximum Gasteiger partial charge on any atom is 0.271 e. The number of anilines is 2. The molecule has 4 aromatic carbocycles.